The average molecular weight is 410 g/mol. The molecule has 0 aliphatic carbocycles. The van der Waals surface area contributed by atoms with Crippen LogP contribution in [-0.2, 0) is 4.79 Å². The van der Waals surface area contributed by atoms with Crippen molar-refractivity contribution >= 4 is 29.1 Å². The molecule has 1 unspecified atom stereocenters. The predicted molar refractivity (Wildman–Crippen MR) is 111 cm³/mol. The van der Waals surface area contributed by atoms with Gasteiger partial charge in [0.1, 0.15) is 11.4 Å². The fourth-order valence-corrected chi connectivity index (χ4v) is 3.53. The maximum atomic E-state index is 12.9. The normalized spacial score (nSPS) is 16.4. The molecule has 0 radical (unpaired) electrons. The fourth-order valence-electron chi connectivity index (χ4n) is 3.40. The van der Waals surface area contributed by atoms with Crippen molar-refractivity contribution in [3.63, 3.8) is 0 Å². The van der Waals surface area contributed by atoms with Gasteiger partial charge < -0.3 is 10.2 Å². The van der Waals surface area contributed by atoms with Gasteiger partial charge in [-0.05, 0) is 55.3 Å². The number of rotatable bonds is 4. The Morgan fingerprint density at radius 3 is 2.72 bits per heavy atom. The van der Waals surface area contributed by atoms with E-state index in [9.17, 15) is 9.59 Å². The molecule has 29 heavy (non-hydrogen) atoms. The van der Waals surface area contributed by atoms with Gasteiger partial charge >= 0.3 is 0 Å². The van der Waals surface area contributed by atoms with Gasteiger partial charge in [0.15, 0.2) is 0 Å². The number of piperidine rings is 1. The van der Waals surface area contributed by atoms with E-state index in [1.807, 2.05) is 18.2 Å². The van der Waals surface area contributed by atoms with Crippen molar-refractivity contribution < 1.29 is 9.59 Å². The second-order valence-corrected chi connectivity index (χ2v) is 7.40. The van der Waals surface area contributed by atoms with Crippen LogP contribution in [0, 0.1) is 5.92 Å². The number of nitrogens with one attached hydrogen (secondary N) is 2. The number of carbonyl (C=O) groups excluding carboxylic acids is 2. The first-order valence-corrected chi connectivity index (χ1v) is 9.80. The Balaban J connectivity index is 1.41. The number of amides is 2. The summed E-state index contributed by atoms with van der Waals surface area (Å²) in [4.78, 5) is 31.5. The van der Waals surface area contributed by atoms with Crippen LogP contribution in [0.5, 0.6) is 0 Å². The first-order valence-electron chi connectivity index (χ1n) is 9.42. The number of benzene rings is 1. The molecule has 0 bridgehead atoms. The Kier molecular flexibility index (Phi) is 5.57. The van der Waals surface area contributed by atoms with Gasteiger partial charge in [-0.15, -0.1) is 0 Å². The topological polar surface area (TPSA) is 91.0 Å². The van der Waals surface area contributed by atoms with Gasteiger partial charge in [0.25, 0.3) is 5.91 Å². The van der Waals surface area contributed by atoms with Gasteiger partial charge in [-0.1, -0.05) is 17.7 Å². The van der Waals surface area contributed by atoms with E-state index in [-0.39, 0.29) is 17.7 Å². The minimum atomic E-state index is -0.262. The monoisotopic (exact) mass is 409 g/mol. The number of aromatic amines is 1. The maximum absolute atomic E-state index is 12.9. The summed E-state index contributed by atoms with van der Waals surface area (Å²) in [7, 11) is 0. The Bertz CT molecular complexity index is 1000. The lowest BCUT2D eigenvalue weighted by Gasteiger charge is -2.31. The summed E-state index contributed by atoms with van der Waals surface area (Å²) in [6, 6.07) is 14.2. The Morgan fingerprint density at radius 1 is 1.14 bits per heavy atom. The van der Waals surface area contributed by atoms with Crippen molar-refractivity contribution in [1.82, 2.24) is 20.1 Å². The number of hydrogen-bond donors (Lipinski definition) is 2. The third kappa shape index (κ3) is 4.46. The second-order valence-electron chi connectivity index (χ2n) is 6.97. The lowest BCUT2D eigenvalue weighted by Crippen LogP contribution is -2.43. The predicted octanol–water partition coefficient (Wildman–Crippen LogP) is 3.62. The molecule has 4 rings (SSSR count). The zero-order chi connectivity index (χ0) is 20.2. The molecule has 7 nitrogen and oxygen atoms in total. The zero-order valence-electron chi connectivity index (χ0n) is 15.6. The molecule has 1 fully saturated rings. The molecule has 2 amide bonds. The first kappa shape index (κ1) is 19.1. The van der Waals surface area contributed by atoms with Gasteiger partial charge in [0.05, 0.1) is 11.6 Å². The number of aromatic nitrogens is 3. The van der Waals surface area contributed by atoms with E-state index in [1.54, 1.807) is 41.4 Å². The maximum Gasteiger partial charge on any atom is 0.271 e. The van der Waals surface area contributed by atoms with Crippen LogP contribution in [-0.4, -0.2) is 45.0 Å². The summed E-state index contributed by atoms with van der Waals surface area (Å²) >= 11 is 5.88. The van der Waals surface area contributed by atoms with E-state index in [2.05, 4.69) is 20.5 Å². The van der Waals surface area contributed by atoms with Crippen LogP contribution >= 0.6 is 11.6 Å². The van der Waals surface area contributed by atoms with Crippen molar-refractivity contribution in [3.05, 3.63) is 65.4 Å². The standard InChI is InChI=1S/C21H20ClN5O2/c22-15-6-8-16(9-7-15)24-20(28)14-4-3-11-27(13-14)21(29)19-12-18(25-26-19)17-5-1-2-10-23-17/h1-2,5-10,12,14H,3-4,11,13H2,(H,24,28)(H,25,26). The molecule has 0 saturated carbocycles. The van der Waals surface area contributed by atoms with E-state index in [4.69, 9.17) is 11.6 Å². The molecule has 3 aromatic rings. The highest BCUT2D eigenvalue weighted by molar-refractivity contribution is 6.30. The summed E-state index contributed by atoms with van der Waals surface area (Å²) < 4.78 is 0. The molecular formula is C21H20ClN5O2. The highest BCUT2D eigenvalue weighted by Crippen LogP contribution is 2.22. The van der Waals surface area contributed by atoms with Crippen molar-refractivity contribution in [1.29, 1.82) is 0 Å². The minimum Gasteiger partial charge on any atom is -0.337 e. The lowest BCUT2D eigenvalue weighted by molar-refractivity contribution is -0.121. The van der Waals surface area contributed by atoms with Crippen LogP contribution in [0.2, 0.25) is 5.02 Å². The van der Waals surface area contributed by atoms with Crippen molar-refractivity contribution in [2.45, 2.75) is 12.8 Å². The van der Waals surface area contributed by atoms with Crippen LogP contribution in [0.4, 0.5) is 5.69 Å². The summed E-state index contributed by atoms with van der Waals surface area (Å²) in [5, 5.41) is 10.5. The molecule has 1 saturated heterocycles. The average Bonchev–Trinajstić information content (AvgIpc) is 3.26. The van der Waals surface area contributed by atoms with Crippen molar-refractivity contribution in [2.75, 3.05) is 18.4 Å². The van der Waals surface area contributed by atoms with Gasteiger partial charge in [0.2, 0.25) is 5.91 Å². The third-order valence-electron chi connectivity index (χ3n) is 4.93. The van der Waals surface area contributed by atoms with Crippen LogP contribution in [0.15, 0.2) is 54.7 Å². The number of likely N-dealkylation sites (tertiary alicyclic amines) is 1. The van der Waals surface area contributed by atoms with Gasteiger partial charge in [0, 0.05) is 30.0 Å². The molecule has 1 atom stereocenters. The Morgan fingerprint density at radius 2 is 1.97 bits per heavy atom. The number of anilines is 1. The molecule has 1 aliphatic heterocycles. The van der Waals surface area contributed by atoms with Crippen molar-refractivity contribution in [3.8, 4) is 11.4 Å². The first-order chi connectivity index (χ1) is 14.1. The van der Waals surface area contributed by atoms with Gasteiger partial charge in [-0.2, -0.15) is 5.10 Å². The number of carbonyl (C=O) groups is 2. The molecule has 3 heterocycles. The summed E-state index contributed by atoms with van der Waals surface area (Å²) in [6.45, 7) is 0.984. The van der Waals surface area contributed by atoms with Crippen LogP contribution in [0.25, 0.3) is 11.4 Å². The van der Waals surface area contributed by atoms with Crippen LogP contribution in [0.1, 0.15) is 23.3 Å². The third-order valence-corrected chi connectivity index (χ3v) is 5.18. The smallest absolute Gasteiger partial charge is 0.271 e. The van der Waals surface area contributed by atoms with Crippen molar-refractivity contribution in [2.24, 2.45) is 5.92 Å². The molecular weight excluding hydrogens is 390 g/mol. The summed E-state index contributed by atoms with van der Waals surface area (Å²) in [6.07, 6.45) is 3.19. The van der Waals surface area contributed by atoms with Gasteiger partial charge in [-0.25, -0.2) is 0 Å². The number of halogens is 1. The Hall–Kier alpha value is -3.19. The van der Waals surface area contributed by atoms with Crippen LogP contribution < -0.4 is 5.32 Å². The van der Waals surface area contributed by atoms with E-state index in [1.165, 1.54) is 0 Å². The number of hydrogen-bond acceptors (Lipinski definition) is 4. The minimum absolute atomic E-state index is 0.0939. The molecule has 2 N–H and O–H groups in total. The molecule has 1 aromatic carbocycles. The Labute approximate surface area is 173 Å². The SMILES string of the molecule is O=C(Nc1ccc(Cl)cc1)C1CCCN(C(=O)c2cc(-c3ccccn3)n[nH]2)C1. The van der Waals surface area contributed by atoms with Crippen LogP contribution in [0.3, 0.4) is 0 Å². The molecule has 8 heteroatoms. The highest BCUT2D eigenvalue weighted by atomic mass is 35.5. The second kappa shape index (κ2) is 8.45. The number of nitrogens with zero attached hydrogens (tertiary/aromatic N) is 3. The largest absolute Gasteiger partial charge is 0.337 e. The van der Waals surface area contributed by atoms with Gasteiger partial charge in [-0.3, -0.25) is 19.7 Å². The summed E-state index contributed by atoms with van der Waals surface area (Å²) in [5.74, 6) is -0.520. The van der Waals surface area contributed by atoms with E-state index >= 15 is 0 Å². The van der Waals surface area contributed by atoms with E-state index in [0.29, 0.717) is 40.9 Å². The summed E-state index contributed by atoms with van der Waals surface area (Å²) in [5.41, 5.74) is 2.39. The van der Waals surface area contributed by atoms with E-state index in [0.717, 1.165) is 12.8 Å². The number of H-pyrrole nitrogens is 1. The molecule has 148 valence electrons. The molecule has 2 aromatic heterocycles. The van der Waals surface area contributed by atoms with E-state index < -0.39 is 0 Å². The molecule has 0 spiro atoms. The highest BCUT2D eigenvalue weighted by Gasteiger charge is 2.29. The zero-order valence-corrected chi connectivity index (χ0v) is 16.4. The lowest BCUT2D eigenvalue weighted by atomic mass is 9.96. The fraction of sp³-hybridized carbons (Fsp3) is 0.238. The quantitative estimate of drug-likeness (QED) is 0.688. The number of pyridine rings is 1. The molecule has 1 aliphatic rings.